The summed E-state index contributed by atoms with van der Waals surface area (Å²) in [6.07, 6.45) is 5.78. The van der Waals surface area contributed by atoms with Crippen LogP contribution in [0.4, 0.5) is 0 Å². The minimum absolute atomic E-state index is 0.249. The van der Waals surface area contributed by atoms with Crippen molar-refractivity contribution in [1.29, 1.82) is 0 Å². The summed E-state index contributed by atoms with van der Waals surface area (Å²) in [5.74, 6) is 0. The Bertz CT molecular complexity index is 766. The van der Waals surface area contributed by atoms with Crippen LogP contribution in [0.15, 0.2) is 40.8 Å². The van der Waals surface area contributed by atoms with Gasteiger partial charge in [-0.1, -0.05) is 49.6 Å². The smallest absolute Gasteiger partial charge is 0.243 e. The third-order valence-corrected chi connectivity index (χ3v) is 7.11. The maximum atomic E-state index is 13.3. The first-order valence-electron chi connectivity index (χ1n) is 9.83. The Labute approximate surface area is 163 Å². The highest BCUT2D eigenvalue weighted by Crippen LogP contribution is 2.37. The SMILES string of the molecule is CCCCC1=C[C@](C)(CC2OCCO2)CN(S(=O)(=O)c2ccc(C)cc2)C1. The highest BCUT2D eigenvalue weighted by molar-refractivity contribution is 7.89. The molecular weight excluding hydrogens is 362 g/mol. The number of aryl methyl sites for hydroxylation is 1. The average molecular weight is 394 g/mol. The first-order valence-corrected chi connectivity index (χ1v) is 11.3. The van der Waals surface area contributed by atoms with Gasteiger partial charge < -0.3 is 9.47 Å². The number of unbranched alkanes of at least 4 members (excludes halogenated alkanes) is 1. The van der Waals surface area contributed by atoms with E-state index >= 15 is 0 Å². The lowest BCUT2D eigenvalue weighted by molar-refractivity contribution is -0.0663. The van der Waals surface area contributed by atoms with Crippen LogP contribution in [0.25, 0.3) is 0 Å². The number of sulfonamides is 1. The van der Waals surface area contributed by atoms with Crippen LogP contribution in [-0.4, -0.2) is 45.3 Å². The molecule has 0 aromatic heterocycles. The van der Waals surface area contributed by atoms with Gasteiger partial charge in [0.05, 0.1) is 18.1 Å². The van der Waals surface area contributed by atoms with E-state index < -0.39 is 10.0 Å². The van der Waals surface area contributed by atoms with Crippen molar-refractivity contribution in [2.75, 3.05) is 26.3 Å². The number of benzene rings is 1. The Hall–Kier alpha value is -1.21. The van der Waals surface area contributed by atoms with E-state index in [1.165, 1.54) is 5.57 Å². The van der Waals surface area contributed by atoms with Gasteiger partial charge in [0, 0.05) is 24.9 Å². The van der Waals surface area contributed by atoms with Crippen molar-refractivity contribution in [3.63, 3.8) is 0 Å². The molecule has 0 bridgehead atoms. The highest BCUT2D eigenvalue weighted by Gasteiger charge is 2.39. The molecule has 1 aromatic rings. The van der Waals surface area contributed by atoms with Gasteiger partial charge >= 0.3 is 0 Å². The van der Waals surface area contributed by atoms with Gasteiger partial charge in [-0.2, -0.15) is 4.31 Å². The molecule has 2 aliphatic heterocycles. The number of hydrogen-bond donors (Lipinski definition) is 0. The van der Waals surface area contributed by atoms with E-state index in [0.717, 1.165) is 24.8 Å². The molecule has 3 rings (SSSR count). The summed E-state index contributed by atoms with van der Waals surface area (Å²) in [5, 5.41) is 0. The second kappa shape index (κ2) is 8.43. The molecule has 27 heavy (non-hydrogen) atoms. The van der Waals surface area contributed by atoms with Crippen molar-refractivity contribution in [1.82, 2.24) is 4.31 Å². The van der Waals surface area contributed by atoms with Crippen LogP contribution in [0, 0.1) is 12.3 Å². The van der Waals surface area contributed by atoms with Gasteiger partial charge in [-0.3, -0.25) is 0 Å². The largest absolute Gasteiger partial charge is 0.350 e. The number of ether oxygens (including phenoxy) is 2. The van der Waals surface area contributed by atoms with Crippen molar-refractivity contribution >= 4 is 10.0 Å². The Balaban J connectivity index is 1.86. The quantitative estimate of drug-likeness (QED) is 0.660. The summed E-state index contributed by atoms with van der Waals surface area (Å²) in [4.78, 5) is 0.362. The molecule has 5 nitrogen and oxygen atoms in total. The lowest BCUT2D eigenvalue weighted by Gasteiger charge is -2.39. The zero-order valence-corrected chi connectivity index (χ0v) is 17.4. The fourth-order valence-corrected chi connectivity index (χ4v) is 5.46. The third-order valence-electron chi connectivity index (χ3n) is 5.30. The number of rotatable bonds is 7. The molecule has 1 aromatic carbocycles. The van der Waals surface area contributed by atoms with E-state index in [0.29, 0.717) is 37.6 Å². The van der Waals surface area contributed by atoms with Crippen LogP contribution >= 0.6 is 0 Å². The van der Waals surface area contributed by atoms with E-state index in [1.807, 2.05) is 19.1 Å². The molecule has 0 N–H and O–H groups in total. The van der Waals surface area contributed by atoms with Crippen LogP contribution in [0.1, 0.15) is 45.1 Å². The van der Waals surface area contributed by atoms with Crippen molar-refractivity contribution in [3.05, 3.63) is 41.5 Å². The van der Waals surface area contributed by atoms with Crippen LogP contribution < -0.4 is 0 Å². The van der Waals surface area contributed by atoms with E-state index in [1.54, 1.807) is 16.4 Å². The zero-order chi connectivity index (χ0) is 19.5. The highest BCUT2D eigenvalue weighted by atomic mass is 32.2. The van der Waals surface area contributed by atoms with E-state index in [-0.39, 0.29) is 11.7 Å². The molecule has 2 aliphatic rings. The van der Waals surface area contributed by atoms with E-state index in [4.69, 9.17) is 9.47 Å². The molecule has 0 unspecified atom stereocenters. The molecule has 0 radical (unpaired) electrons. The summed E-state index contributed by atoms with van der Waals surface area (Å²) in [6.45, 7) is 8.36. The van der Waals surface area contributed by atoms with Gasteiger partial charge in [-0.25, -0.2) is 8.42 Å². The second-order valence-corrected chi connectivity index (χ2v) is 9.96. The zero-order valence-electron chi connectivity index (χ0n) is 16.6. The predicted octanol–water partition coefficient (Wildman–Crippen LogP) is 3.89. The van der Waals surface area contributed by atoms with E-state index in [2.05, 4.69) is 19.9 Å². The van der Waals surface area contributed by atoms with Gasteiger partial charge in [0.15, 0.2) is 6.29 Å². The summed E-state index contributed by atoms with van der Waals surface area (Å²) in [7, 11) is -3.53. The number of hydrogen-bond acceptors (Lipinski definition) is 4. The lowest BCUT2D eigenvalue weighted by Crippen LogP contribution is -2.45. The third kappa shape index (κ3) is 4.99. The first-order chi connectivity index (χ1) is 12.8. The van der Waals surface area contributed by atoms with E-state index in [9.17, 15) is 8.42 Å². The molecule has 0 aliphatic carbocycles. The van der Waals surface area contributed by atoms with Crippen LogP contribution in [0.5, 0.6) is 0 Å². The van der Waals surface area contributed by atoms with Crippen LogP contribution in [-0.2, 0) is 19.5 Å². The fourth-order valence-electron chi connectivity index (χ4n) is 3.88. The van der Waals surface area contributed by atoms with Crippen molar-refractivity contribution in [2.45, 2.75) is 57.6 Å². The van der Waals surface area contributed by atoms with Crippen molar-refractivity contribution in [2.24, 2.45) is 5.41 Å². The van der Waals surface area contributed by atoms with Gasteiger partial charge in [0.1, 0.15) is 0 Å². The Kier molecular flexibility index (Phi) is 6.41. The Morgan fingerprint density at radius 1 is 1.19 bits per heavy atom. The molecule has 1 saturated heterocycles. The molecule has 1 fully saturated rings. The fraction of sp³-hybridized carbons (Fsp3) is 0.619. The van der Waals surface area contributed by atoms with Gasteiger partial charge in [-0.05, 0) is 31.9 Å². The molecular formula is C21H31NO4S. The molecule has 0 saturated carbocycles. The predicted molar refractivity (Wildman–Crippen MR) is 106 cm³/mol. The van der Waals surface area contributed by atoms with Gasteiger partial charge in [0.2, 0.25) is 10.0 Å². The summed E-state index contributed by atoms with van der Waals surface area (Å²) < 4.78 is 39.5. The summed E-state index contributed by atoms with van der Waals surface area (Å²) >= 11 is 0. The molecule has 6 heteroatoms. The molecule has 1 atom stereocenters. The maximum absolute atomic E-state index is 13.3. The minimum atomic E-state index is -3.53. The summed E-state index contributed by atoms with van der Waals surface area (Å²) in [5.41, 5.74) is 1.95. The van der Waals surface area contributed by atoms with Gasteiger partial charge in [-0.15, -0.1) is 0 Å². The van der Waals surface area contributed by atoms with Crippen LogP contribution in [0.2, 0.25) is 0 Å². The maximum Gasteiger partial charge on any atom is 0.243 e. The second-order valence-electron chi connectivity index (χ2n) is 8.02. The standard InChI is InChI=1S/C21H31NO4S/c1-4-5-6-18-13-21(3,14-20-25-11-12-26-20)16-22(15-18)27(23,24)19-9-7-17(2)8-10-19/h7-10,13,20H,4-6,11-12,14-16H2,1-3H3/t21-/m1/s1. The Morgan fingerprint density at radius 2 is 1.85 bits per heavy atom. The normalized spacial score (nSPS) is 24.9. The van der Waals surface area contributed by atoms with Crippen molar-refractivity contribution in [3.8, 4) is 0 Å². The van der Waals surface area contributed by atoms with Crippen molar-refractivity contribution < 1.29 is 17.9 Å². The average Bonchev–Trinajstić information content (AvgIpc) is 3.12. The molecule has 0 amide bonds. The van der Waals surface area contributed by atoms with Gasteiger partial charge in [0.25, 0.3) is 0 Å². The molecule has 150 valence electrons. The summed E-state index contributed by atoms with van der Waals surface area (Å²) in [6, 6.07) is 7.11. The molecule has 2 heterocycles. The monoisotopic (exact) mass is 393 g/mol. The molecule has 0 spiro atoms. The first kappa shape index (κ1) is 20.5. The minimum Gasteiger partial charge on any atom is -0.350 e. The number of nitrogens with zero attached hydrogens (tertiary/aromatic N) is 1. The Morgan fingerprint density at radius 3 is 2.48 bits per heavy atom. The lowest BCUT2D eigenvalue weighted by atomic mass is 9.81. The van der Waals surface area contributed by atoms with Crippen LogP contribution in [0.3, 0.4) is 0 Å². The topological polar surface area (TPSA) is 55.8 Å².